The maximum Gasteiger partial charge on any atom is 0.340 e. The monoisotopic (exact) mass is 310 g/mol. The van der Waals surface area contributed by atoms with Crippen LogP contribution in [0.25, 0.3) is 0 Å². The lowest BCUT2D eigenvalue weighted by atomic mass is 10.2. The number of hydrogen-bond donors (Lipinski definition) is 2. The van der Waals surface area contributed by atoms with E-state index in [9.17, 15) is 18.3 Å². The second-order valence-corrected chi connectivity index (χ2v) is 6.12. The Morgan fingerprint density at radius 3 is 2.52 bits per heavy atom. The standard InChI is InChI=1S/C13H14N2O5S/c1-7-5-4-6-14-12(7)15-21(18,19)11-9(3)20-8(2)10(11)13(16)17/h4-6H,1-3H3,(H,14,15)(H,16,17). The van der Waals surface area contributed by atoms with Gasteiger partial charge in [0.2, 0.25) is 0 Å². The average Bonchev–Trinajstić information content (AvgIpc) is 2.67. The van der Waals surface area contributed by atoms with Crippen LogP contribution >= 0.6 is 0 Å². The smallest absolute Gasteiger partial charge is 0.340 e. The maximum atomic E-state index is 12.4. The molecule has 2 N–H and O–H groups in total. The van der Waals surface area contributed by atoms with Gasteiger partial charge in [-0.15, -0.1) is 0 Å². The van der Waals surface area contributed by atoms with Crippen LogP contribution < -0.4 is 4.72 Å². The minimum Gasteiger partial charge on any atom is -0.478 e. The van der Waals surface area contributed by atoms with E-state index >= 15 is 0 Å². The van der Waals surface area contributed by atoms with Crippen molar-refractivity contribution in [2.75, 3.05) is 4.72 Å². The van der Waals surface area contributed by atoms with E-state index in [1.807, 2.05) is 0 Å². The van der Waals surface area contributed by atoms with Crippen LogP contribution in [0.2, 0.25) is 0 Å². The Bertz CT molecular complexity index is 808. The Kier molecular flexibility index (Phi) is 3.73. The summed E-state index contributed by atoms with van der Waals surface area (Å²) in [5.41, 5.74) is 0.254. The number of furan rings is 1. The van der Waals surface area contributed by atoms with Gasteiger partial charge in [0.1, 0.15) is 27.8 Å². The summed E-state index contributed by atoms with van der Waals surface area (Å²) in [6, 6.07) is 3.36. The van der Waals surface area contributed by atoms with Crippen molar-refractivity contribution in [2.45, 2.75) is 25.7 Å². The van der Waals surface area contributed by atoms with Crippen LogP contribution in [0.5, 0.6) is 0 Å². The van der Waals surface area contributed by atoms with Crippen LogP contribution in [0, 0.1) is 20.8 Å². The van der Waals surface area contributed by atoms with Crippen molar-refractivity contribution in [1.82, 2.24) is 4.98 Å². The van der Waals surface area contributed by atoms with Crippen LogP contribution in [0.15, 0.2) is 27.6 Å². The Labute approximate surface area is 121 Å². The highest BCUT2D eigenvalue weighted by atomic mass is 32.2. The molecular weight excluding hydrogens is 296 g/mol. The van der Waals surface area contributed by atoms with E-state index in [4.69, 9.17) is 4.42 Å². The fraction of sp³-hybridized carbons (Fsp3) is 0.231. The van der Waals surface area contributed by atoms with E-state index in [0.29, 0.717) is 5.56 Å². The molecule has 7 nitrogen and oxygen atoms in total. The fourth-order valence-corrected chi connectivity index (χ4v) is 3.50. The normalized spacial score (nSPS) is 11.4. The van der Waals surface area contributed by atoms with Crippen molar-refractivity contribution in [2.24, 2.45) is 0 Å². The summed E-state index contributed by atoms with van der Waals surface area (Å²) in [5, 5.41) is 9.18. The van der Waals surface area contributed by atoms with E-state index < -0.39 is 16.0 Å². The van der Waals surface area contributed by atoms with Crippen LogP contribution in [-0.4, -0.2) is 24.5 Å². The number of aromatic nitrogens is 1. The Morgan fingerprint density at radius 2 is 1.95 bits per heavy atom. The molecule has 2 aromatic heterocycles. The minimum atomic E-state index is -4.11. The van der Waals surface area contributed by atoms with Crippen LogP contribution in [0.1, 0.15) is 27.4 Å². The van der Waals surface area contributed by atoms with Gasteiger partial charge in [0.15, 0.2) is 0 Å². The molecule has 112 valence electrons. The number of rotatable bonds is 4. The quantitative estimate of drug-likeness (QED) is 0.895. The first kappa shape index (κ1) is 15.0. The summed E-state index contributed by atoms with van der Waals surface area (Å²) in [6.45, 7) is 4.50. The number of aromatic carboxylic acids is 1. The second kappa shape index (κ2) is 5.21. The molecule has 0 unspecified atom stereocenters. The SMILES string of the molecule is Cc1cccnc1NS(=O)(=O)c1c(C)oc(C)c1C(=O)O. The zero-order chi connectivity index (χ0) is 15.8. The number of pyridine rings is 1. The Hall–Kier alpha value is -2.35. The number of aryl methyl sites for hydroxylation is 3. The number of nitrogens with one attached hydrogen (secondary N) is 1. The minimum absolute atomic E-state index is 0.0194. The largest absolute Gasteiger partial charge is 0.478 e. The van der Waals surface area contributed by atoms with Crippen molar-refractivity contribution in [1.29, 1.82) is 0 Å². The van der Waals surface area contributed by atoms with Gasteiger partial charge in [0, 0.05) is 6.20 Å². The summed E-state index contributed by atoms with van der Waals surface area (Å²) < 4.78 is 32.3. The third kappa shape index (κ3) is 2.75. The third-order valence-corrected chi connectivity index (χ3v) is 4.42. The van der Waals surface area contributed by atoms with Crippen LogP contribution in [0.3, 0.4) is 0 Å². The summed E-state index contributed by atoms with van der Waals surface area (Å²) in [5.74, 6) is -1.15. The predicted octanol–water partition coefficient (Wildman–Crippen LogP) is 2.10. The van der Waals surface area contributed by atoms with Gasteiger partial charge in [0.25, 0.3) is 10.0 Å². The molecule has 2 rings (SSSR count). The molecule has 0 aliphatic rings. The molecule has 0 aromatic carbocycles. The molecule has 0 atom stereocenters. The third-order valence-electron chi connectivity index (χ3n) is 2.93. The van der Waals surface area contributed by atoms with Gasteiger partial charge in [-0.05, 0) is 32.4 Å². The number of sulfonamides is 1. The molecule has 0 bridgehead atoms. The topological polar surface area (TPSA) is 110 Å². The van der Waals surface area contributed by atoms with E-state index in [-0.39, 0.29) is 27.8 Å². The molecule has 0 amide bonds. The lowest BCUT2D eigenvalue weighted by molar-refractivity contribution is 0.0691. The summed E-state index contributed by atoms with van der Waals surface area (Å²) in [6.07, 6.45) is 1.44. The van der Waals surface area contributed by atoms with Gasteiger partial charge < -0.3 is 9.52 Å². The van der Waals surface area contributed by atoms with Crippen molar-refractivity contribution in [3.05, 3.63) is 41.0 Å². The molecule has 21 heavy (non-hydrogen) atoms. The highest BCUT2D eigenvalue weighted by molar-refractivity contribution is 7.92. The molecule has 0 aliphatic heterocycles. The second-order valence-electron chi connectivity index (χ2n) is 4.50. The molecule has 2 aromatic rings. The first-order valence-electron chi connectivity index (χ1n) is 6.01. The first-order chi connectivity index (χ1) is 9.74. The van der Waals surface area contributed by atoms with Gasteiger partial charge >= 0.3 is 5.97 Å². The number of carbonyl (C=O) groups is 1. The van der Waals surface area contributed by atoms with Gasteiger partial charge in [0.05, 0.1) is 0 Å². The zero-order valence-corrected chi connectivity index (χ0v) is 12.5. The lowest BCUT2D eigenvalue weighted by Crippen LogP contribution is -2.18. The number of carboxylic acid groups (broad SMARTS) is 1. The highest BCUT2D eigenvalue weighted by Gasteiger charge is 2.31. The maximum absolute atomic E-state index is 12.4. The van der Waals surface area contributed by atoms with Gasteiger partial charge in [-0.1, -0.05) is 6.07 Å². The van der Waals surface area contributed by atoms with E-state index in [1.54, 1.807) is 19.1 Å². The van der Waals surface area contributed by atoms with Crippen molar-refractivity contribution in [3.8, 4) is 0 Å². The van der Waals surface area contributed by atoms with Crippen molar-refractivity contribution in [3.63, 3.8) is 0 Å². The van der Waals surface area contributed by atoms with Gasteiger partial charge in [-0.25, -0.2) is 18.2 Å². The summed E-state index contributed by atoms with van der Waals surface area (Å²) >= 11 is 0. The molecule has 0 saturated carbocycles. The molecule has 0 spiro atoms. The predicted molar refractivity (Wildman–Crippen MR) is 74.9 cm³/mol. The number of anilines is 1. The van der Waals surface area contributed by atoms with Crippen molar-refractivity contribution < 1.29 is 22.7 Å². The Balaban J connectivity index is 2.56. The number of nitrogens with zero attached hydrogens (tertiary/aromatic N) is 1. The Morgan fingerprint density at radius 1 is 1.29 bits per heavy atom. The average molecular weight is 310 g/mol. The van der Waals surface area contributed by atoms with Crippen molar-refractivity contribution >= 4 is 21.8 Å². The molecule has 0 saturated heterocycles. The fourth-order valence-electron chi connectivity index (χ4n) is 2.01. The van der Waals surface area contributed by atoms with Gasteiger partial charge in [-0.3, -0.25) is 4.72 Å². The lowest BCUT2D eigenvalue weighted by Gasteiger charge is -2.09. The highest BCUT2D eigenvalue weighted by Crippen LogP contribution is 2.28. The number of carboxylic acids is 1. The molecule has 0 aliphatic carbocycles. The first-order valence-corrected chi connectivity index (χ1v) is 7.50. The van der Waals surface area contributed by atoms with Crippen LogP contribution in [-0.2, 0) is 10.0 Å². The van der Waals surface area contributed by atoms with E-state index in [1.165, 1.54) is 20.0 Å². The van der Waals surface area contributed by atoms with E-state index in [0.717, 1.165) is 0 Å². The van der Waals surface area contributed by atoms with Crippen LogP contribution in [0.4, 0.5) is 5.82 Å². The zero-order valence-electron chi connectivity index (χ0n) is 11.7. The molecule has 2 heterocycles. The molecule has 0 radical (unpaired) electrons. The molecular formula is C13H14N2O5S. The molecule has 8 heteroatoms. The summed E-state index contributed by atoms with van der Waals surface area (Å²) in [4.78, 5) is 14.8. The summed E-state index contributed by atoms with van der Waals surface area (Å²) in [7, 11) is -4.11. The van der Waals surface area contributed by atoms with E-state index in [2.05, 4.69) is 9.71 Å². The molecule has 0 fully saturated rings. The van der Waals surface area contributed by atoms with Gasteiger partial charge in [-0.2, -0.15) is 0 Å². The number of hydrogen-bond acceptors (Lipinski definition) is 5.